The number of rotatable bonds is 7. The highest BCUT2D eigenvalue weighted by Gasteiger charge is 2.27. The van der Waals surface area contributed by atoms with E-state index in [-0.39, 0.29) is 5.78 Å². The molecule has 3 aliphatic rings. The number of carbonyl (C=O) groups is 1. The Morgan fingerprint density at radius 2 is 1.71 bits per heavy atom. The summed E-state index contributed by atoms with van der Waals surface area (Å²) in [5.74, 6) is 3.37. The molecule has 0 spiro atoms. The van der Waals surface area contributed by atoms with Crippen molar-refractivity contribution in [3.63, 3.8) is 0 Å². The third kappa shape index (κ3) is 5.36. The molecule has 2 aromatic rings. The van der Waals surface area contributed by atoms with Crippen LogP contribution >= 0.6 is 0 Å². The number of nitriles is 1. The zero-order valence-corrected chi connectivity index (χ0v) is 20.2. The molecule has 1 aliphatic carbocycles. The Labute approximate surface area is 203 Å². The second kappa shape index (κ2) is 10.7. The van der Waals surface area contributed by atoms with Gasteiger partial charge in [0.1, 0.15) is 5.75 Å². The maximum absolute atomic E-state index is 12.6. The van der Waals surface area contributed by atoms with E-state index in [4.69, 9.17) is 10.00 Å². The molecule has 1 saturated heterocycles. The minimum atomic E-state index is 0.228. The van der Waals surface area contributed by atoms with Gasteiger partial charge in [0.05, 0.1) is 18.2 Å². The van der Waals surface area contributed by atoms with Gasteiger partial charge in [-0.05, 0) is 93.3 Å². The smallest absolute Gasteiger partial charge is 0.163 e. The van der Waals surface area contributed by atoms with Gasteiger partial charge in [0.15, 0.2) is 5.78 Å². The number of hydrogen-bond acceptors (Lipinski definition) is 4. The molecule has 0 unspecified atom stereocenters. The fourth-order valence-electron chi connectivity index (χ4n) is 6.30. The summed E-state index contributed by atoms with van der Waals surface area (Å²) in [5.41, 5.74) is 4.37. The van der Waals surface area contributed by atoms with E-state index >= 15 is 0 Å². The fraction of sp³-hybridized carbons (Fsp3) is 0.533. The molecule has 4 nitrogen and oxygen atoms in total. The van der Waals surface area contributed by atoms with Gasteiger partial charge < -0.3 is 9.64 Å². The molecular formula is C30H36N2O2. The van der Waals surface area contributed by atoms with Gasteiger partial charge in [-0.2, -0.15) is 5.26 Å². The first-order valence-corrected chi connectivity index (χ1v) is 13.2. The first-order valence-electron chi connectivity index (χ1n) is 13.2. The van der Waals surface area contributed by atoms with Crippen molar-refractivity contribution in [3.8, 4) is 11.8 Å². The monoisotopic (exact) mass is 456 g/mol. The first kappa shape index (κ1) is 23.1. The molecule has 2 fully saturated rings. The minimum Gasteiger partial charge on any atom is -0.493 e. The highest BCUT2D eigenvalue weighted by Crippen LogP contribution is 2.38. The van der Waals surface area contributed by atoms with Crippen LogP contribution in [0.5, 0.6) is 5.75 Å². The average molecular weight is 457 g/mol. The van der Waals surface area contributed by atoms with Gasteiger partial charge >= 0.3 is 0 Å². The van der Waals surface area contributed by atoms with Gasteiger partial charge in [0, 0.05) is 24.0 Å². The van der Waals surface area contributed by atoms with E-state index in [2.05, 4.69) is 29.2 Å². The maximum atomic E-state index is 12.6. The Kier molecular flexibility index (Phi) is 7.30. The zero-order chi connectivity index (χ0) is 23.3. The van der Waals surface area contributed by atoms with Crippen LogP contribution in [0.4, 0.5) is 0 Å². The summed E-state index contributed by atoms with van der Waals surface area (Å²) in [6, 6.07) is 15.8. The van der Waals surface area contributed by atoms with Crippen molar-refractivity contribution in [1.29, 1.82) is 5.26 Å². The number of Topliss-reactive ketones (excluding diaryl/α,β-unsaturated/α-hetero) is 1. The molecule has 2 heterocycles. The molecule has 0 amide bonds. The predicted octanol–water partition coefficient (Wildman–Crippen LogP) is 6.14. The van der Waals surface area contributed by atoms with Crippen LogP contribution in [0.1, 0.15) is 84.3 Å². The van der Waals surface area contributed by atoms with Crippen molar-refractivity contribution in [2.45, 2.75) is 63.7 Å². The van der Waals surface area contributed by atoms with Gasteiger partial charge in [0.25, 0.3) is 0 Å². The molecule has 0 bridgehead atoms. The molecule has 0 N–H and O–H groups in total. The molecule has 0 radical (unpaired) electrons. The summed E-state index contributed by atoms with van der Waals surface area (Å²) < 4.78 is 5.78. The first-order chi connectivity index (χ1) is 16.7. The number of piperidine rings is 1. The van der Waals surface area contributed by atoms with Gasteiger partial charge in [-0.1, -0.05) is 37.1 Å². The molecular weight excluding hydrogens is 420 g/mol. The topological polar surface area (TPSA) is 53.3 Å². The predicted molar refractivity (Wildman–Crippen MR) is 134 cm³/mol. The Morgan fingerprint density at radius 3 is 2.44 bits per heavy atom. The quantitative estimate of drug-likeness (QED) is 0.470. The molecule has 1 saturated carbocycles. The number of ether oxygens (including phenoxy) is 1. The molecule has 0 atom stereocenters. The van der Waals surface area contributed by atoms with Crippen molar-refractivity contribution in [3.05, 3.63) is 64.7 Å². The van der Waals surface area contributed by atoms with Crippen LogP contribution in [0.2, 0.25) is 0 Å². The molecule has 2 aliphatic heterocycles. The summed E-state index contributed by atoms with van der Waals surface area (Å²) in [6.07, 6.45) is 10.4. The third-order valence-electron chi connectivity index (χ3n) is 8.44. The van der Waals surface area contributed by atoms with Gasteiger partial charge in [0.2, 0.25) is 0 Å². The summed E-state index contributed by atoms with van der Waals surface area (Å²) >= 11 is 0. The summed E-state index contributed by atoms with van der Waals surface area (Å²) in [5, 5.41) is 8.93. The van der Waals surface area contributed by atoms with E-state index < -0.39 is 0 Å². The molecule has 0 aromatic heterocycles. The van der Waals surface area contributed by atoms with Crippen LogP contribution in [-0.4, -0.2) is 36.9 Å². The molecule has 34 heavy (non-hydrogen) atoms. The van der Waals surface area contributed by atoms with Crippen LogP contribution in [0.3, 0.4) is 0 Å². The van der Waals surface area contributed by atoms with E-state index in [9.17, 15) is 4.79 Å². The van der Waals surface area contributed by atoms with Crippen molar-refractivity contribution in [1.82, 2.24) is 4.90 Å². The molecule has 2 aromatic carbocycles. The maximum Gasteiger partial charge on any atom is 0.163 e. The second-order valence-electron chi connectivity index (χ2n) is 10.5. The number of likely N-dealkylation sites (tertiary alicyclic amines) is 1. The highest BCUT2D eigenvalue weighted by atomic mass is 16.5. The van der Waals surface area contributed by atoms with Gasteiger partial charge in [-0.3, -0.25) is 4.79 Å². The zero-order valence-electron chi connectivity index (χ0n) is 20.2. The van der Waals surface area contributed by atoms with Crippen LogP contribution in [0, 0.1) is 23.2 Å². The number of ketones is 1. The van der Waals surface area contributed by atoms with Crippen LogP contribution in [-0.2, 0) is 6.42 Å². The number of carbonyl (C=O) groups excluding carboxylic acids is 1. The number of hydrogen-bond donors (Lipinski definition) is 0. The Balaban J connectivity index is 1.02. The van der Waals surface area contributed by atoms with Crippen molar-refractivity contribution in [2.24, 2.45) is 11.8 Å². The number of fused-ring (bicyclic) bond motifs is 1. The van der Waals surface area contributed by atoms with Gasteiger partial charge in [-0.15, -0.1) is 0 Å². The Morgan fingerprint density at radius 1 is 0.971 bits per heavy atom. The van der Waals surface area contributed by atoms with E-state index in [0.717, 1.165) is 30.3 Å². The largest absolute Gasteiger partial charge is 0.493 e. The lowest BCUT2D eigenvalue weighted by Gasteiger charge is -2.35. The van der Waals surface area contributed by atoms with Crippen molar-refractivity contribution < 1.29 is 9.53 Å². The summed E-state index contributed by atoms with van der Waals surface area (Å²) in [6.45, 7) is 4.49. The normalized spacial score (nSPS) is 23.1. The van der Waals surface area contributed by atoms with E-state index in [0.29, 0.717) is 23.8 Å². The standard InChI is InChI=1S/C30H36N2O2/c31-21-24-8-10-26(11-9-24)29(33)20-23-6-4-22(5-7-23)12-16-32-17-13-25(14-18-32)27-2-1-3-30-28(27)15-19-34-30/h1-3,8-11,22-23,25H,4-7,12-20H2. The molecule has 5 rings (SSSR count). The van der Waals surface area contributed by atoms with Crippen molar-refractivity contribution >= 4 is 5.78 Å². The average Bonchev–Trinajstić information content (AvgIpc) is 3.38. The Bertz CT molecular complexity index is 1020. The lowest BCUT2D eigenvalue weighted by molar-refractivity contribution is 0.0939. The Hall–Kier alpha value is -2.64. The minimum absolute atomic E-state index is 0.228. The van der Waals surface area contributed by atoms with Crippen LogP contribution in [0.25, 0.3) is 0 Å². The molecule has 178 valence electrons. The highest BCUT2D eigenvalue weighted by molar-refractivity contribution is 5.96. The van der Waals surface area contributed by atoms with Crippen molar-refractivity contribution in [2.75, 3.05) is 26.2 Å². The third-order valence-corrected chi connectivity index (χ3v) is 8.44. The van der Waals surface area contributed by atoms with Crippen LogP contribution in [0.15, 0.2) is 42.5 Å². The SMILES string of the molecule is N#Cc1ccc(C(=O)CC2CCC(CCN3CCC(c4cccc5c4CCO5)CC3)CC2)cc1. The van der Waals surface area contributed by atoms with Gasteiger partial charge in [-0.25, -0.2) is 0 Å². The lowest BCUT2D eigenvalue weighted by atomic mass is 9.78. The van der Waals surface area contributed by atoms with E-state index in [1.807, 2.05) is 0 Å². The second-order valence-corrected chi connectivity index (χ2v) is 10.5. The molecule has 4 heteroatoms. The lowest BCUT2D eigenvalue weighted by Crippen LogP contribution is -2.35. The summed E-state index contributed by atoms with van der Waals surface area (Å²) in [4.78, 5) is 15.3. The van der Waals surface area contributed by atoms with Crippen LogP contribution < -0.4 is 4.74 Å². The number of benzene rings is 2. The summed E-state index contributed by atoms with van der Waals surface area (Å²) in [7, 11) is 0. The van der Waals surface area contributed by atoms with E-state index in [1.165, 1.54) is 70.1 Å². The number of nitrogens with zero attached hydrogens (tertiary/aromatic N) is 2. The van der Waals surface area contributed by atoms with E-state index in [1.54, 1.807) is 29.8 Å². The fourth-order valence-corrected chi connectivity index (χ4v) is 6.30.